The molecule has 0 saturated carbocycles. The van der Waals surface area contributed by atoms with Crippen LogP contribution in [0.1, 0.15) is 19.8 Å². The van der Waals surface area contributed by atoms with Crippen LogP contribution in [-0.4, -0.2) is 60.8 Å². The Morgan fingerprint density at radius 2 is 1.09 bits per heavy atom. The molecular weight excluding hydrogens is 541 g/mol. The summed E-state index contributed by atoms with van der Waals surface area (Å²) in [7, 11) is 0. The van der Waals surface area contributed by atoms with Crippen LogP contribution < -0.4 is 5.32 Å². The van der Waals surface area contributed by atoms with Crippen LogP contribution in [0.3, 0.4) is 0 Å². The van der Waals surface area contributed by atoms with Gasteiger partial charge in [-0.25, -0.2) is 0 Å². The molecule has 4 nitrogen and oxygen atoms in total. The molecule has 0 fully saturated rings. The van der Waals surface area contributed by atoms with Gasteiger partial charge in [0.25, 0.3) is 5.91 Å². The van der Waals surface area contributed by atoms with Crippen LogP contribution in [0.2, 0.25) is 0 Å². The van der Waals surface area contributed by atoms with Gasteiger partial charge in [0.1, 0.15) is 0 Å². The van der Waals surface area contributed by atoms with Crippen molar-refractivity contribution in [1.29, 1.82) is 0 Å². The van der Waals surface area contributed by atoms with E-state index in [0.29, 0.717) is 0 Å². The van der Waals surface area contributed by atoms with E-state index in [1.54, 1.807) is 0 Å². The highest BCUT2D eigenvalue weighted by Crippen LogP contribution is 2.56. The first-order chi connectivity index (χ1) is 14.6. The number of alkyl halides is 17. The SMILES string of the molecule is CCCCNC(=O)[C@](F)(OC(F)(F)[C@@](F)(OC(F)(F)C(F)(F)C(F)(F)F)C(F)(F)F)C(F)(F)F. The van der Waals surface area contributed by atoms with E-state index in [-0.39, 0.29) is 12.8 Å². The maximum absolute atomic E-state index is 14.0. The lowest BCUT2D eigenvalue weighted by molar-refractivity contribution is -0.548. The van der Waals surface area contributed by atoms with Crippen molar-refractivity contribution in [3.8, 4) is 0 Å². The van der Waals surface area contributed by atoms with Crippen molar-refractivity contribution in [2.45, 2.75) is 68.1 Å². The lowest BCUT2D eigenvalue weighted by Crippen LogP contribution is -2.68. The highest BCUT2D eigenvalue weighted by atomic mass is 19.4. The first kappa shape index (κ1) is 32.2. The smallest absolute Gasteiger partial charge is 0.351 e. The summed E-state index contributed by atoms with van der Waals surface area (Å²) in [6.07, 6.45) is -38.6. The zero-order valence-corrected chi connectivity index (χ0v) is 15.8. The second kappa shape index (κ2) is 9.34. The van der Waals surface area contributed by atoms with E-state index < -0.39 is 60.8 Å². The van der Waals surface area contributed by atoms with Gasteiger partial charge in [0.2, 0.25) is 0 Å². The zero-order valence-electron chi connectivity index (χ0n) is 15.8. The van der Waals surface area contributed by atoms with Crippen molar-refractivity contribution in [2.24, 2.45) is 0 Å². The van der Waals surface area contributed by atoms with E-state index >= 15 is 0 Å². The second-order valence-electron chi connectivity index (χ2n) is 6.11. The van der Waals surface area contributed by atoms with Crippen LogP contribution in [0.25, 0.3) is 0 Å². The molecule has 21 heteroatoms. The average Bonchev–Trinajstić information content (AvgIpc) is 2.57. The third-order valence-electron chi connectivity index (χ3n) is 3.47. The second-order valence-corrected chi connectivity index (χ2v) is 6.11. The van der Waals surface area contributed by atoms with Gasteiger partial charge < -0.3 is 5.32 Å². The van der Waals surface area contributed by atoms with Gasteiger partial charge in [-0.2, -0.15) is 74.6 Å². The van der Waals surface area contributed by atoms with Crippen LogP contribution in [0.5, 0.6) is 0 Å². The molecule has 204 valence electrons. The van der Waals surface area contributed by atoms with Crippen LogP contribution in [0.15, 0.2) is 0 Å². The molecule has 0 aliphatic heterocycles. The summed E-state index contributed by atoms with van der Waals surface area (Å²) in [5, 5.41) is 0.882. The number of hydrogen-bond donors (Lipinski definition) is 1. The minimum absolute atomic E-state index is 0.0284. The van der Waals surface area contributed by atoms with Crippen molar-refractivity contribution in [3.63, 3.8) is 0 Å². The zero-order chi connectivity index (χ0) is 27.8. The Bertz CT molecular complexity index is 715. The van der Waals surface area contributed by atoms with Crippen molar-refractivity contribution in [3.05, 3.63) is 0 Å². The van der Waals surface area contributed by atoms with Crippen molar-refractivity contribution >= 4 is 5.91 Å². The number of halogens is 17. The van der Waals surface area contributed by atoms with Gasteiger partial charge in [-0.05, 0) is 6.42 Å². The van der Waals surface area contributed by atoms with Gasteiger partial charge in [-0.15, -0.1) is 0 Å². The first-order valence-electron chi connectivity index (χ1n) is 8.04. The molecule has 1 amide bonds. The molecule has 0 aromatic carbocycles. The van der Waals surface area contributed by atoms with Crippen LogP contribution in [0, 0.1) is 0 Å². The molecule has 0 heterocycles. The van der Waals surface area contributed by atoms with Crippen molar-refractivity contribution in [1.82, 2.24) is 5.32 Å². The predicted molar refractivity (Wildman–Crippen MR) is 70.8 cm³/mol. The largest absolute Gasteiger partial charge is 0.462 e. The Morgan fingerprint density at radius 1 is 0.647 bits per heavy atom. The molecule has 2 atom stereocenters. The van der Waals surface area contributed by atoms with E-state index in [1.165, 1.54) is 11.7 Å². The van der Waals surface area contributed by atoms with Gasteiger partial charge in [0, 0.05) is 6.54 Å². The Labute approximate surface area is 176 Å². The third-order valence-corrected chi connectivity index (χ3v) is 3.47. The number of unbranched alkanes of at least 4 members (excludes halogenated alkanes) is 1. The number of ether oxygens (including phenoxy) is 2. The third kappa shape index (κ3) is 5.88. The molecule has 0 aromatic heterocycles. The molecule has 0 aliphatic rings. The topological polar surface area (TPSA) is 47.6 Å². The Morgan fingerprint density at radius 3 is 1.41 bits per heavy atom. The van der Waals surface area contributed by atoms with Crippen molar-refractivity contribution in [2.75, 3.05) is 6.54 Å². The molecule has 0 unspecified atom stereocenters. The minimum atomic E-state index is -8.01. The van der Waals surface area contributed by atoms with E-state index in [1.807, 2.05) is 4.74 Å². The molecule has 0 radical (unpaired) electrons. The normalized spacial score (nSPS) is 18.3. The van der Waals surface area contributed by atoms with Crippen LogP contribution in [0.4, 0.5) is 74.6 Å². The van der Waals surface area contributed by atoms with E-state index in [0.717, 1.165) is 5.32 Å². The molecule has 0 aromatic rings. The lowest BCUT2D eigenvalue weighted by atomic mass is 10.2. The summed E-state index contributed by atoms with van der Waals surface area (Å²) in [4.78, 5) is 11.3. The van der Waals surface area contributed by atoms with Gasteiger partial charge in [0.05, 0.1) is 0 Å². The lowest BCUT2D eigenvalue weighted by Gasteiger charge is -2.40. The van der Waals surface area contributed by atoms with Gasteiger partial charge in [-0.1, -0.05) is 13.3 Å². The summed E-state index contributed by atoms with van der Waals surface area (Å²) in [5.41, 5.74) is 0. The Kier molecular flexibility index (Phi) is 8.84. The Hall–Kier alpha value is -1.80. The molecular formula is C13H10F17NO3. The summed E-state index contributed by atoms with van der Waals surface area (Å²) >= 11 is 0. The van der Waals surface area contributed by atoms with E-state index in [2.05, 4.69) is 0 Å². The maximum atomic E-state index is 14.0. The highest BCUT2D eigenvalue weighted by molar-refractivity contribution is 5.84. The number of hydrogen-bond acceptors (Lipinski definition) is 3. The number of carbonyl (C=O) groups excluding carboxylic acids is 1. The predicted octanol–water partition coefficient (Wildman–Crippen LogP) is 5.78. The molecule has 34 heavy (non-hydrogen) atoms. The quantitative estimate of drug-likeness (QED) is 0.277. The number of carbonyl (C=O) groups is 1. The van der Waals surface area contributed by atoms with Gasteiger partial charge in [-0.3, -0.25) is 14.3 Å². The number of nitrogens with one attached hydrogen (secondary N) is 1. The summed E-state index contributed by atoms with van der Waals surface area (Å²) < 4.78 is 223. The highest BCUT2D eigenvalue weighted by Gasteiger charge is 2.85. The standard InChI is InChI=1S/C13H10F17NO3/c1-2-3-4-31-5(32)6(14,9(18,19)20)33-13(29,30)8(17,11(24,25)26)34-12(27,28)7(15,16)10(21,22)23/h2-4H2,1H3,(H,31,32)/t6-,8-/m0/s1. The summed E-state index contributed by atoms with van der Waals surface area (Å²) in [6.45, 7) is 0.316. The summed E-state index contributed by atoms with van der Waals surface area (Å²) in [5.74, 6) is -25.9. The monoisotopic (exact) mass is 551 g/mol. The molecule has 0 spiro atoms. The average molecular weight is 551 g/mol. The molecule has 0 saturated heterocycles. The number of rotatable bonds is 10. The molecule has 1 N–H and O–H groups in total. The fraction of sp³-hybridized carbons (Fsp3) is 0.923. The van der Waals surface area contributed by atoms with E-state index in [9.17, 15) is 79.4 Å². The minimum Gasteiger partial charge on any atom is -0.351 e. The first-order valence-corrected chi connectivity index (χ1v) is 8.04. The van der Waals surface area contributed by atoms with Gasteiger partial charge in [0.15, 0.2) is 0 Å². The fourth-order valence-corrected chi connectivity index (χ4v) is 1.66. The van der Waals surface area contributed by atoms with E-state index in [4.69, 9.17) is 0 Å². The van der Waals surface area contributed by atoms with Crippen molar-refractivity contribution < 1.29 is 88.9 Å². The Balaban J connectivity index is 6.61. The molecule has 0 bridgehead atoms. The fourth-order valence-electron chi connectivity index (χ4n) is 1.66. The van der Waals surface area contributed by atoms with Gasteiger partial charge >= 0.3 is 48.4 Å². The van der Waals surface area contributed by atoms with Crippen LogP contribution >= 0.6 is 0 Å². The maximum Gasteiger partial charge on any atom is 0.462 e. The van der Waals surface area contributed by atoms with Crippen LogP contribution in [-0.2, 0) is 14.3 Å². The molecule has 0 rings (SSSR count). The summed E-state index contributed by atoms with van der Waals surface area (Å²) in [6, 6.07) is 0. The molecule has 0 aliphatic carbocycles. The number of amides is 1.